The van der Waals surface area contributed by atoms with E-state index in [1.165, 1.54) is 12.1 Å². The van der Waals surface area contributed by atoms with E-state index in [9.17, 15) is 4.39 Å². The van der Waals surface area contributed by atoms with Crippen molar-refractivity contribution >= 4 is 11.6 Å². The van der Waals surface area contributed by atoms with E-state index >= 15 is 0 Å². The molecule has 1 aromatic heterocycles. The predicted octanol–water partition coefficient (Wildman–Crippen LogP) is 4.94. The van der Waals surface area contributed by atoms with Crippen molar-refractivity contribution < 1.29 is 13.5 Å². The zero-order valence-electron chi connectivity index (χ0n) is 13.0. The first-order chi connectivity index (χ1) is 11.7. The van der Waals surface area contributed by atoms with Gasteiger partial charge in [-0.15, -0.1) is 0 Å². The van der Waals surface area contributed by atoms with Gasteiger partial charge in [0, 0.05) is 12.1 Å². The van der Waals surface area contributed by atoms with Crippen LogP contribution in [0.3, 0.4) is 0 Å². The Hall–Kier alpha value is -2.30. The molecule has 3 aromatic rings. The molecule has 0 saturated heterocycles. The quantitative estimate of drug-likeness (QED) is 0.658. The molecule has 24 heavy (non-hydrogen) atoms. The highest BCUT2D eigenvalue weighted by atomic mass is 35.5. The first kappa shape index (κ1) is 16.6. The van der Waals surface area contributed by atoms with Crippen LogP contribution in [0, 0.1) is 5.82 Å². The summed E-state index contributed by atoms with van der Waals surface area (Å²) in [6.45, 7) is 1.73. The number of hydrogen-bond acceptors (Lipinski definition) is 3. The fraction of sp³-hybridized carbons (Fsp3) is 0.158. The maximum atomic E-state index is 13.0. The van der Waals surface area contributed by atoms with E-state index < -0.39 is 0 Å². The van der Waals surface area contributed by atoms with Crippen LogP contribution in [0.4, 0.5) is 4.39 Å². The summed E-state index contributed by atoms with van der Waals surface area (Å²) in [5, 5.41) is 3.68. The Morgan fingerprint density at radius 3 is 2.58 bits per heavy atom. The number of halogens is 2. The van der Waals surface area contributed by atoms with Gasteiger partial charge < -0.3 is 14.5 Å². The summed E-state index contributed by atoms with van der Waals surface area (Å²) >= 11 is 5.98. The third-order valence-corrected chi connectivity index (χ3v) is 3.89. The Bertz CT molecular complexity index is 773. The molecular weight excluding hydrogens is 329 g/mol. The number of rotatable bonds is 7. The second-order valence-corrected chi connectivity index (χ2v) is 5.76. The lowest BCUT2D eigenvalue weighted by Crippen LogP contribution is -2.11. The van der Waals surface area contributed by atoms with Gasteiger partial charge >= 0.3 is 0 Å². The Morgan fingerprint density at radius 2 is 1.88 bits per heavy atom. The lowest BCUT2D eigenvalue weighted by Gasteiger charge is -2.09. The smallest absolute Gasteiger partial charge is 0.124 e. The van der Waals surface area contributed by atoms with Gasteiger partial charge in [-0.1, -0.05) is 29.8 Å². The highest BCUT2D eigenvalue weighted by molar-refractivity contribution is 6.31. The van der Waals surface area contributed by atoms with Crippen molar-refractivity contribution in [3.63, 3.8) is 0 Å². The van der Waals surface area contributed by atoms with Crippen molar-refractivity contribution in [2.45, 2.75) is 19.7 Å². The number of furan rings is 1. The molecule has 124 valence electrons. The average molecular weight is 346 g/mol. The monoisotopic (exact) mass is 345 g/mol. The summed E-state index contributed by atoms with van der Waals surface area (Å²) < 4.78 is 24.0. The highest BCUT2D eigenvalue weighted by Gasteiger charge is 2.03. The zero-order valence-corrected chi connectivity index (χ0v) is 13.7. The first-order valence-corrected chi connectivity index (χ1v) is 7.97. The van der Waals surface area contributed by atoms with Crippen LogP contribution in [0.15, 0.2) is 65.3 Å². The van der Waals surface area contributed by atoms with Gasteiger partial charge in [-0.25, -0.2) is 4.39 Å². The molecule has 0 atom stereocenters. The highest BCUT2D eigenvalue weighted by Crippen LogP contribution is 2.20. The third-order valence-electron chi connectivity index (χ3n) is 3.54. The molecule has 0 radical (unpaired) electrons. The van der Waals surface area contributed by atoms with E-state index in [-0.39, 0.29) is 5.82 Å². The summed E-state index contributed by atoms with van der Waals surface area (Å²) in [6.07, 6.45) is 1.66. The summed E-state index contributed by atoms with van der Waals surface area (Å²) in [4.78, 5) is 0. The van der Waals surface area contributed by atoms with Crippen molar-refractivity contribution in [3.8, 4) is 5.75 Å². The SMILES string of the molecule is Fc1ccc(COc2ccc(CNCc3ccco3)cc2)c(Cl)c1. The van der Waals surface area contributed by atoms with Crippen LogP contribution in [0.1, 0.15) is 16.9 Å². The number of ether oxygens (including phenoxy) is 1. The molecule has 0 spiro atoms. The lowest BCUT2D eigenvalue weighted by atomic mass is 10.2. The van der Waals surface area contributed by atoms with Gasteiger partial charge in [0.1, 0.15) is 23.9 Å². The van der Waals surface area contributed by atoms with Crippen LogP contribution in [0.5, 0.6) is 5.75 Å². The summed E-state index contributed by atoms with van der Waals surface area (Å²) in [5.74, 6) is 1.30. The maximum Gasteiger partial charge on any atom is 0.124 e. The molecule has 3 nitrogen and oxygen atoms in total. The van der Waals surface area contributed by atoms with Crippen LogP contribution in [-0.4, -0.2) is 0 Å². The Morgan fingerprint density at radius 1 is 1.04 bits per heavy atom. The minimum Gasteiger partial charge on any atom is -0.489 e. The second kappa shape index (κ2) is 7.99. The summed E-state index contributed by atoms with van der Waals surface area (Å²) in [6, 6.07) is 15.9. The van der Waals surface area contributed by atoms with E-state index in [2.05, 4.69) is 5.32 Å². The Balaban J connectivity index is 1.49. The molecule has 0 bridgehead atoms. The molecule has 0 aliphatic heterocycles. The molecule has 0 fully saturated rings. The molecule has 5 heteroatoms. The molecule has 0 aliphatic carbocycles. The van der Waals surface area contributed by atoms with Gasteiger partial charge in [0.05, 0.1) is 17.8 Å². The van der Waals surface area contributed by atoms with Gasteiger partial charge in [-0.05, 0) is 42.0 Å². The van der Waals surface area contributed by atoms with Gasteiger partial charge in [0.15, 0.2) is 0 Å². The largest absolute Gasteiger partial charge is 0.489 e. The first-order valence-electron chi connectivity index (χ1n) is 7.59. The van der Waals surface area contributed by atoms with Gasteiger partial charge in [0.25, 0.3) is 0 Å². The van der Waals surface area contributed by atoms with Crippen LogP contribution in [0.2, 0.25) is 5.02 Å². The minimum atomic E-state index is -0.352. The third kappa shape index (κ3) is 4.60. The minimum absolute atomic E-state index is 0.301. The van der Waals surface area contributed by atoms with E-state index in [0.717, 1.165) is 29.2 Å². The van der Waals surface area contributed by atoms with Crippen LogP contribution < -0.4 is 10.1 Å². The molecule has 1 N–H and O–H groups in total. The molecule has 2 aromatic carbocycles. The van der Waals surface area contributed by atoms with Crippen LogP contribution in [0.25, 0.3) is 0 Å². The van der Waals surface area contributed by atoms with E-state index in [1.54, 1.807) is 12.3 Å². The molecule has 3 rings (SSSR count). The zero-order chi connectivity index (χ0) is 16.8. The predicted molar refractivity (Wildman–Crippen MR) is 91.4 cm³/mol. The number of nitrogens with one attached hydrogen (secondary N) is 1. The van der Waals surface area contributed by atoms with E-state index in [0.29, 0.717) is 18.2 Å². The molecule has 1 heterocycles. The molecule has 0 amide bonds. The molecular formula is C19H17ClFNO2. The van der Waals surface area contributed by atoms with Crippen molar-refractivity contribution in [3.05, 3.63) is 88.6 Å². The molecule has 0 saturated carbocycles. The van der Waals surface area contributed by atoms with Crippen molar-refractivity contribution in [2.75, 3.05) is 0 Å². The molecule has 0 aliphatic rings. The molecule has 0 unspecified atom stereocenters. The standard InChI is InChI=1S/C19H17ClFNO2/c20-19-10-16(21)6-5-15(19)13-24-17-7-3-14(4-8-17)11-22-12-18-2-1-9-23-18/h1-10,22H,11-13H2. The number of benzene rings is 2. The maximum absolute atomic E-state index is 13.0. The van der Waals surface area contributed by atoms with Crippen molar-refractivity contribution in [1.29, 1.82) is 0 Å². The summed E-state index contributed by atoms with van der Waals surface area (Å²) in [7, 11) is 0. The average Bonchev–Trinajstić information content (AvgIpc) is 3.09. The second-order valence-electron chi connectivity index (χ2n) is 5.35. The van der Waals surface area contributed by atoms with E-state index in [1.807, 2.05) is 36.4 Å². The van der Waals surface area contributed by atoms with E-state index in [4.69, 9.17) is 20.8 Å². The Labute approximate surface area is 145 Å². The summed E-state index contributed by atoms with van der Waals surface area (Å²) in [5.41, 5.74) is 1.90. The fourth-order valence-electron chi connectivity index (χ4n) is 2.25. The van der Waals surface area contributed by atoms with Crippen LogP contribution >= 0.6 is 11.6 Å². The number of hydrogen-bond donors (Lipinski definition) is 1. The van der Waals surface area contributed by atoms with Crippen molar-refractivity contribution in [2.24, 2.45) is 0 Å². The van der Waals surface area contributed by atoms with Crippen molar-refractivity contribution in [1.82, 2.24) is 5.32 Å². The lowest BCUT2D eigenvalue weighted by molar-refractivity contribution is 0.306. The Kier molecular flexibility index (Phi) is 5.51. The van der Waals surface area contributed by atoms with Crippen LogP contribution in [-0.2, 0) is 19.7 Å². The fourth-order valence-corrected chi connectivity index (χ4v) is 2.47. The topological polar surface area (TPSA) is 34.4 Å². The van der Waals surface area contributed by atoms with Gasteiger partial charge in [-0.3, -0.25) is 0 Å². The normalized spacial score (nSPS) is 10.8. The van der Waals surface area contributed by atoms with Gasteiger partial charge in [0.2, 0.25) is 0 Å². The van der Waals surface area contributed by atoms with Gasteiger partial charge in [-0.2, -0.15) is 0 Å².